The minimum atomic E-state index is -0.575. The number of fused-ring (bicyclic) bond motifs is 1. The van der Waals surface area contributed by atoms with Crippen LogP contribution in [0.3, 0.4) is 0 Å². The van der Waals surface area contributed by atoms with Gasteiger partial charge in [0.15, 0.2) is 0 Å². The molecule has 0 saturated carbocycles. The summed E-state index contributed by atoms with van der Waals surface area (Å²) in [6.07, 6.45) is 0.748. The van der Waals surface area contributed by atoms with Crippen molar-refractivity contribution < 1.29 is 9.59 Å². The van der Waals surface area contributed by atoms with Gasteiger partial charge < -0.3 is 15.5 Å². The normalized spacial score (nSPS) is 13.8. The topological polar surface area (TPSA) is 92.1 Å². The fourth-order valence-electron chi connectivity index (χ4n) is 3.70. The smallest absolute Gasteiger partial charge is 0.273 e. The number of hydrogen-bond acceptors (Lipinski definition) is 5. The zero-order valence-corrected chi connectivity index (χ0v) is 17.9. The second-order valence-corrected chi connectivity index (χ2v) is 7.76. The molecule has 3 heterocycles. The van der Waals surface area contributed by atoms with Crippen molar-refractivity contribution in [1.29, 1.82) is 0 Å². The number of carbonyl (C=O) groups excluding carboxylic acids is 2. The van der Waals surface area contributed by atoms with Crippen molar-refractivity contribution in [1.82, 2.24) is 25.0 Å². The minimum Gasteiger partial charge on any atom is -0.354 e. The van der Waals surface area contributed by atoms with Crippen molar-refractivity contribution >= 4 is 23.5 Å². The Kier molecular flexibility index (Phi) is 5.70. The van der Waals surface area contributed by atoms with Gasteiger partial charge in [0.2, 0.25) is 5.91 Å². The molecule has 8 heteroatoms. The van der Waals surface area contributed by atoms with Gasteiger partial charge in [-0.2, -0.15) is 5.10 Å². The zero-order valence-electron chi connectivity index (χ0n) is 17.9. The standard InChI is InChI=1S/C23H26N6O2/c1-15-13-20(28(3)27-15)25-19-10-9-18-14-29(23(31)21(18)26-19)16(2)22(30)24-12-11-17-7-5-4-6-8-17/h4-10,13,16H,11-12,14H2,1-3H3,(H,24,30)(H,25,26)/t16-/m1/s1. The van der Waals surface area contributed by atoms with Gasteiger partial charge in [-0.3, -0.25) is 14.3 Å². The van der Waals surface area contributed by atoms with Crippen LogP contribution in [0.2, 0.25) is 0 Å². The van der Waals surface area contributed by atoms with Gasteiger partial charge in [0.05, 0.1) is 5.69 Å². The molecule has 1 aromatic carbocycles. The summed E-state index contributed by atoms with van der Waals surface area (Å²) >= 11 is 0. The number of nitrogens with zero attached hydrogens (tertiary/aromatic N) is 4. The third-order valence-electron chi connectivity index (χ3n) is 5.44. The first-order valence-corrected chi connectivity index (χ1v) is 10.3. The number of aryl methyl sites for hydroxylation is 2. The van der Waals surface area contributed by atoms with Crippen LogP contribution in [-0.2, 0) is 24.8 Å². The molecule has 2 aromatic heterocycles. The van der Waals surface area contributed by atoms with E-state index in [-0.39, 0.29) is 11.8 Å². The van der Waals surface area contributed by atoms with E-state index in [2.05, 4.69) is 20.7 Å². The summed E-state index contributed by atoms with van der Waals surface area (Å²) < 4.78 is 1.72. The summed E-state index contributed by atoms with van der Waals surface area (Å²) in [7, 11) is 1.84. The van der Waals surface area contributed by atoms with Gasteiger partial charge in [-0.25, -0.2) is 4.98 Å². The van der Waals surface area contributed by atoms with Gasteiger partial charge in [0.25, 0.3) is 5.91 Å². The fraction of sp³-hybridized carbons (Fsp3) is 0.304. The molecule has 0 radical (unpaired) electrons. The van der Waals surface area contributed by atoms with Gasteiger partial charge in [0, 0.05) is 31.8 Å². The molecule has 4 rings (SSSR count). The molecule has 3 aromatic rings. The van der Waals surface area contributed by atoms with Crippen molar-refractivity contribution in [3.63, 3.8) is 0 Å². The zero-order chi connectivity index (χ0) is 22.0. The molecule has 0 saturated heterocycles. The highest BCUT2D eigenvalue weighted by Gasteiger charge is 2.35. The first-order chi connectivity index (χ1) is 14.9. The Hall–Kier alpha value is -3.68. The Bertz CT molecular complexity index is 1110. The number of aromatic nitrogens is 3. The largest absolute Gasteiger partial charge is 0.354 e. The average molecular weight is 419 g/mol. The molecular formula is C23H26N6O2. The maximum absolute atomic E-state index is 13.0. The molecule has 0 unspecified atom stereocenters. The summed E-state index contributed by atoms with van der Waals surface area (Å²) in [6, 6.07) is 15.0. The van der Waals surface area contributed by atoms with Crippen molar-refractivity contribution in [3.8, 4) is 0 Å². The van der Waals surface area contributed by atoms with E-state index in [4.69, 9.17) is 0 Å². The molecule has 160 valence electrons. The number of rotatable bonds is 7. The molecule has 1 aliphatic heterocycles. The number of anilines is 2. The van der Waals surface area contributed by atoms with E-state index in [1.165, 1.54) is 0 Å². The lowest BCUT2D eigenvalue weighted by Crippen LogP contribution is -2.45. The monoisotopic (exact) mass is 418 g/mol. The summed E-state index contributed by atoms with van der Waals surface area (Å²) in [6.45, 7) is 4.56. The SMILES string of the molecule is Cc1cc(Nc2ccc3c(n2)C(=O)N([C@H](C)C(=O)NCCc2ccccc2)C3)n(C)n1. The van der Waals surface area contributed by atoms with E-state index < -0.39 is 6.04 Å². The van der Waals surface area contributed by atoms with Crippen molar-refractivity contribution in [2.75, 3.05) is 11.9 Å². The molecule has 2 N–H and O–H groups in total. The third kappa shape index (κ3) is 4.42. The third-order valence-corrected chi connectivity index (χ3v) is 5.44. The number of amides is 2. The van der Waals surface area contributed by atoms with E-state index in [1.807, 2.05) is 62.5 Å². The van der Waals surface area contributed by atoms with Gasteiger partial charge in [-0.05, 0) is 31.9 Å². The van der Waals surface area contributed by atoms with Crippen LogP contribution >= 0.6 is 0 Å². The van der Waals surface area contributed by atoms with Gasteiger partial charge in [-0.15, -0.1) is 0 Å². The summed E-state index contributed by atoms with van der Waals surface area (Å²) in [4.78, 5) is 31.6. The van der Waals surface area contributed by atoms with Crippen LogP contribution in [0.5, 0.6) is 0 Å². The summed E-state index contributed by atoms with van der Waals surface area (Å²) in [5.41, 5.74) is 3.25. The molecule has 8 nitrogen and oxygen atoms in total. The number of nitrogens with one attached hydrogen (secondary N) is 2. The lowest BCUT2D eigenvalue weighted by molar-refractivity contribution is -0.125. The van der Waals surface area contributed by atoms with Crippen molar-refractivity contribution in [3.05, 3.63) is 71.0 Å². The Labute approximate surface area is 181 Å². The first-order valence-electron chi connectivity index (χ1n) is 10.3. The molecule has 1 atom stereocenters. The highest BCUT2D eigenvalue weighted by molar-refractivity contribution is 5.99. The van der Waals surface area contributed by atoms with Crippen LogP contribution < -0.4 is 10.6 Å². The number of hydrogen-bond donors (Lipinski definition) is 2. The fourth-order valence-corrected chi connectivity index (χ4v) is 3.70. The lowest BCUT2D eigenvalue weighted by Gasteiger charge is -2.23. The predicted molar refractivity (Wildman–Crippen MR) is 118 cm³/mol. The van der Waals surface area contributed by atoms with Crippen LogP contribution in [0.25, 0.3) is 0 Å². The van der Waals surface area contributed by atoms with Crippen LogP contribution in [0.15, 0.2) is 48.5 Å². The van der Waals surface area contributed by atoms with Gasteiger partial charge in [0.1, 0.15) is 23.4 Å². The summed E-state index contributed by atoms with van der Waals surface area (Å²) in [5.74, 6) is 0.960. The number of benzene rings is 1. The van der Waals surface area contributed by atoms with Gasteiger partial charge in [-0.1, -0.05) is 36.4 Å². The van der Waals surface area contributed by atoms with Gasteiger partial charge >= 0.3 is 0 Å². The summed E-state index contributed by atoms with van der Waals surface area (Å²) in [5, 5.41) is 10.4. The maximum atomic E-state index is 13.0. The first kappa shape index (κ1) is 20.6. The molecule has 1 aliphatic rings. The average Bonchev–Trinajstić information content (AvgIpc) is 3.26. The highest BCUT2D eigenvalue weighted by atomic mass is 16.2. The predicted octanol–water partition coefficient (Wildman–Crippen LogP) is 2.57. The van der Waals surface area contributed by atoms with Crippen molar-refractivity contribution in [2.24, 2.45) is 7.05 Å². The molecular weight excluding hydrogens is 392 g/mol. The van der Waals surface area contributed by atoms with Crippen LogP contribution in [0.4, 0.5) is 11.6 Å². The highest BCUT2D eigenvalue weighted by Crippen LogP contribution is 2.26. The maximum Gasteiger partial charge on any atom is 0.273 e. The molecule has 31 heavy (non-hydrogen) atoms. The second kappa shape index (κ2) is 8.59. The molecule has 0 bridgehead atoms. The quantitative estimate of drug-likeness (QED) is 0.615. The van der Waals surface area contributed by atoms with E-state index in [1.54, 1.807) is 16.5 Å². The van der Waals surface area contributed by atoms with Crippen LogP contribution in [0, 0.1) is 6.92 Å². The molecule has 2 amide bonds. The van der Waals surface area contributed by atoms with E-state index >= 15 is 0 Å². The number of carbonyl (C=O) groups is 2. The van der Waals surface area contributed by atoms with E-state index in [0.717, 1.165) is 29.1 Å². The van der Waals surface area contributed by atoms with Crippen LogP contribution in [-0.4, -0.2) is 44.1 Å². The van der Waals surface area contributed by atoms with Crippen molar-refractivity contribution in [2.45, 2.75) is 32.9 Å². The Morgan fingerprint density at radius 3 is 2.68 bits per heavy atom. The molecule has 0 fully saturated rings. The molecule has 0 aliphatic carbocycles. The Morgan fingerprint density at radius 2 is 1.97 bits per heavy atom. The minimum absolute atomic E-state index is 0.166. The Balaban J connectivity index is 1.38. The van der Waals surface area contributed by atoms with E-state index in [9.17, 15) is 9.59 Å². The van der Waals surface area contributed by atoms with E-state index in [0.29, 0.717) is 24.6 Å². The Morgan fingerprint density at radius 1 is 1.19 bits per heavy atom. The second-order valence-electron chi connectivity index (χ2n) is 7.76. The lowest BCUT2D eigenvalue weighted by atomic mass is 10.1. The number of pyridine rings is 1. The van der Waals surface area contributed by atoms with Crippen LogP contribution in [0.1, 0.15) is 34.2 Å². The molecule has 0 spiro atoms.